The molecule has 2 atom stereocenters. The maximum absolute atomic E-state index is 13.7. The summed E-state index contributed by atoms with van der Waals surface area (Å²) >= 11 is 3.33. The van der Waals surface area contributed by atoms with Gasteiger partial charge in [0.1, 0.15) is 6.10 Å². The molecule has 2 saturated heterocycles. The van der Waals surface area contributed by atoms with Gasteiger partial charge in [-0.25, -0.2) is 4.39 Å². The molecule has 0 aliphatic carbocycles. The third-order valence-electron chi connectivity index (χ3n) is 3.70. The predicted octanol–water partition coefficient (Wildman–Crippen LogP) is 3.31. The second-order valence-corrected chi connectivity index (χ2v) is 6.06. The molecule has 19 heavy (non-hydrogen) atoms. The molecule has 3 nitrogen and oxygen atoms in total. The van der Waals surface area contributed by atoms with Crippen molar-refractivity contribution in [2.45, 2.75) is 31.0 Å². The maximum Gasteiger partial charge on any atom is 0.165 e. The number of rotatable bonds is 2. The quantitative estimate of drug-likeness (QED) is 0.832. The van der Waals surface area contributed by atoms with E-state index in [1.165, 1.54) is 6.07 Å². The van der Waals surface area contributed by atoms with Crippen molar-refractivity contribution in [3.05, 3.63) is 28.5 Å². The molecule has 0 saturated carbocycles. The molecule has 2 fully saturated rings. The van der Waals surface area contributed by atoms with Crippen molar-refractivity contribution in [3.63, 3.8) is 0 Å². The van der Waals surface area contributed by atoms with Crippen LogP contribution in [0.25, 0.3) is 0 Å². The van der Waals surface area contributed by atoms with Crippen molar-refractivity contribution < 1.29 is 18.6 Å². The van der Waals surface area contributed by atoms with Crippen LogP contribution in [0.3, 0.4) is 0 Å². The van der Waals surface area contributed by atoms with Gasteiger partial charge < -0.3 is 14.2 Å². The molecule has 0 N–H and O–H groups in total. The van der Waals surface area contributed by atoms with Gasteiger partial charge in [-0.15, -0.1) is 0 Å². The first-order valence-corrected chi connectivity index (χ1v) is 7.30. The summed E-state index contributed by atoms with van der Waals surface area (Å²) in [6, 6.07) is 4.74. The normalized spacial score (nSPS) is 30.7. The third-order valence-corrected chi connectivity index (χ3v) is 4.20. The lowest BCUT2D eigenvalue weighted by Gasteiger charge is -2.37. The lowest BCUT2D eigenvalue weighted by Crippen LogP contribution is -2.44. The molecular formula is C14H16BrFO3. The molecule has 2 heterocycles. The van der Waals surface area contributed by atoms with E-state index >= 15 is 0 Å². The highest BCUT2D eigenvalue weighted by molar-refractivity contribution is 9.10. The second kappa shape index (κ2) is 5.38. The predicted molar refractivity (Wildman–Crippen MR) is 71.9 cm³/mol. The van der Waals surface area contributed by atoms with Crippen LogP contribution in [0.1, 0.15) is 19.3 Å². The van der Waals surface area contributed by atoms with Gasteiger partial charge in [0.25, 0.3) is 0 Å². The Hall–Kier alpha value is -0.650. The zero-order valence-electron chi connectivity index (χ0n) is 10.5. The lowest BCUT2D eigenvalue weighted by atomic mass is 9.91. The number of halogens is 2. The molecule has 2 unspecified atom stereocenters. The van der Waals surface area contributed by atoms with Crippen molar-refractivity contribution in [1.82, 2.24) is 0 Å². The summed E-state index contributed by atoms with van der Waals surface area (Å²) in [4.78, 5) is 0. The first-order valence-electron chi connectivity index (χ1n) is 6.50. The van der Waals surface area contributed by atoms with E-state index in [-0.39, 0.29) is 17.5 Å². The fraction of sp³-hybridized carbons (Fsp3) is 0.571. The van der Waals surface area contributed by atoms with Crippen LogP contribution >= 0.6 is 15.9 Å². The largest absolute Gasteiger partial charge is 0.487 e. The molecule has 0 aromatic heterocycles. The average Bonchev–Trinajstić information content (AvgIpc) is 2.82. The summed E-state index contributed by atoms with van der Waals surface area (Å²) in [5, 5.41) is 0. The molecule has 0 bridgehead atoms. The molecular weight excluding hydrogens is 315 g/mol. The average molecular weight is 331 g/mol. The van der Waals surface area contributed by atoms with Crippen LogP contribution in [0.15, 0.2) is 22.7 Å². The van der Waals surface area contributed by atoms with Crippen LogP contribution in [0.2, 0.25) is 0 Å². The Morgan fingerprint density at radius 2 is 2.26 bits per heavy atom. The SMILES string of the molecule is Fc1ccc(Br)cc1OC1CCOC2(CCOC2)C1. The molecule has 1 spiro atoms. The van der Waals surface area contributed by atoms with Gasteiger partial charge >= 0.3 is 0 Å². The van der Waals surface area contributed by atoms with E-state index in [1.54, 1.807) is 12.1 Å². The van der Waals surface area contributed by atoms with Crippen LogP contribution in [0.4, 0.5) is 4.39 Å². The Labute approximate surface area is 120 Å². The molecule has 0 amide bonds. The molecule has 3 rings (SSSR count). The van der Waals surface area contributed by atoms with E-state index in [4.69, 9.17) is 14.2 Å². The van der Waals surface area contributed by atoms with Crippen LogP contribution in [0.5, 0.6) is 5.75 Å². The van der Waals surface area contributed by atoms with Crippen molar-refractivity contribution in [2.75, 3.05) is 19.8 Å². The van der Waals surface area contributed by atoms with Crippen molar-refractivity contribution >= 4 is 15.9 Å². The first kappa shape index (κ1) is 13.3. The number of hydrogen-bond acceptors (Lipinski definition) is 3. The highest BCUT2D eigenvalue weighted by Crippen LogP contribution is 2.35. The van der Waals surface area contributed by atoms with Crippen molar-refractivity contribution in [2.24, 2.45) is 0 Å². The standard InChI is InChI=1S/C14H16BrFO3/c15-10-1-2-12(16)13(7-10)19-11-3-5-18-14(8-11)4-6-17-9-14/h1-2,7,11H,3-6,8-9H2. The van der Waals surface area contributed by atoms with Crippen LogP contribution in [-0.2, 0) is 9.47 Å². The fourth-order valence-corrected chi connectivity index (χ4v) is 3.03. The van der Waals surface area contributed by atoms with Crippen molar-refractivity contribution in [1.29, 1.82) is 0 Å². The van der Waals surface area contributed by atoms with Crippen LogP contribution < -0.4 is 4.74 Å². The van der Waals surface area contributed by atoms with Crippen LogP contribution in [-0.4, -0.2) is 31.5 Å². The third kappa shape index (κ3) is 2.93. The fourth-order valence-electron chi connectivity index (χ4n) is 2.69. The van der Waals surface area contributed by atoms with Gasteiger partial charge in [-0.1, -0.05) is 15.9 Å². The van der Waals surface area contributed by atoms with Crippen LogP contribution in [0, 0.1) is 5.82 Å². The van der Waals surface area contributed by atoms with Gasteiger partial charge in [0.2, 0.25) is 0 Å². The van der Waals surface area contributed by atoms with Gasteiger partial charge in [0.15, 0.2) is 11.6 Å². The summed E-state index contributed by atoms with van der Waals surface area (Å²) < 4.78 is 31.6. The summed E-state index contributed by atoms with van der Waals surface area (Å²) in [5.74, 6) is -0.0262. The number of ether oxygens (including phenoxy) is 3. The minimum atomic E-state index is -0.327. The Morgan fingerprint density at radius 3 is 3.05 bits per heavy atom. The maximum atomic E-state index is 13.7. The zero-order chi connectivity index (χ0) is 13.3. The topological polar surface area (TPSA) is 27.7 Å². The smallest absolute Gasteiger partial charge is 0.165 e. The number of benzene rings is 1. The molecule has 1 aromatic carbocycles. The molecule has 5 heteroatoms. The highest BCUT2D eigenvalue weighted by atomic mass is 79.9. The Bertz CT molecular complexity index is 460. The Balaban J connectivity index is 1.70. The van der Waals surface area contributed by atoms with E-state index in [0.717, 1.165) is 30.3 Å². The molecule has 2 aliphatic rings. The summed E-state index contributed by atoms with van der Waals surface area (Å²) in [5.41, 5.74) is -0.217. The Kier molecular flexibility index (Phi) is 3.78. The molecule has 2 aliphatic heterocycles. The minimum absolute atomic E-state index is 0.0146. The van der Waals surface area contributed by atoms with Gasteiger partial charge in [-0.05, 0) is 18.2 Å². The van der Waals surface area contributed by atoms with E-state index in [0.29, 0.717) is 19.0 Å². The second-order valence-electron chi connectivity index (χ2n) is 5.14. The van der Waals surface area contributed by atoms with Gasteiger partial charge in [0, 0.05) is 30.3 Å². The molecule has 0 radical (unpaired) electrons. The minimum Gasteiger partial charge on any atom is -0.487 e. The summed E-state index contributed by atoms with van der Waals surface area (Å²) in [6.07, 6.45) is 2.43. The van der Waals surface area contributed by atoms with Gasteiger partial charge in [-0.3, -0.25) is 0 Å². The monoisotopic (exact) mass is 330 g/mol. The molecule has 1 aromatic rings. The first-order chi connectivity index (χ1) is 9.17. The van der Waals surface area contributed by atoms with E-state index in [9.17, 15) is 4.39 Å². The van der Waals surface area contributed by atoms with E-state index in [2.05, 4.69) is 15.9 Å². The molecule has 104 valence electrons. The van der Waals surface area contributed by atoms with E-state index in [1.807, 2.05) is 0 Å². The highest BCUT2D eigenvalue weighted by Gasteiger charge is 2.41. The summed E-state index contributed by atoms with van der Waals surface area (Å²) in [7, 11) is 0. The van der Waals surface area contributed by atoms with Gasteiger partial charge in [-0.2, -0.15) is 0 Å². The zero-order valence-corrected chi connectivity index (χ0v) is 12.1. The number of hydrogen-bond donors (Lipinski definition) is 0. The van der Waals surface area contributed by atoms with Crippen molar-refractivity contribution in [3.8, 4) is 5.75 Å². The van der Waals surface area contributed by atoms with E-state index < -0.39 is 0 Å². The lowest BCUT2D eigenvalue weighted by molar-refractivity contribution is -0.112. The Morgan fingerprint density at radius 1 is 1.37 bits per heavy atom. The summed E-state index contributed by atoms with van der Waals surface area (Å²) in [6.45, 7) is 2.00. The van der Waals surface area contributed by atoms with Gasteiger partial charge in [0.05, 0.1) is 18.8 Å².